The highest BCUT2D eigenvalue weighted by Crippen LogP contribution is 2.42. The SMILES string of the molecule is Cc1cscc1SSc1cscc1C. The van der Waals surface area contributed by atoms with E-state index in [1.165, 1.54) is 20.9 Å². The zero-order valence-corrected chi connectivity index (χ0v) is 11.2. The molecule has 0 aromatic carbocycles. The smallest absolute Gasteiger partial charge is 0.0322 e. The normalized spacial score (nSPS) is 10.7. The Balaban J connectivity index is 2.02. The standard InChI is InChI=1S/C10H10S4/c1-7-3-11-5-9(7)13-14-10-6-12-4-8(10)2/h3-6H,1-2H3. The van der Waals surface area contributed by atoms with Gasteiger partial charge in [-0.2, -0.15) is 22.7 Å². The van der Waals surface area contributed by atoms with E-state index in [1.54, 1.807) is 22.7 Å². The van der Waals surface area contributed by atoms with Gasteiger partial charge in [0.15, 0.2) is 0 Å². The second kappa shape index (κ2) is 4.75. The molecule has 0 unspecified atom stereocenters. The van der Waals surface area contributed by atoms with Crippen molar-refractivity contribution < 1.29 is 0 Å². The molecule has 0 spiro atoms. The molecule has 0 nitrogen and oxygen atoms in total. The molecule has 0 N–H and O–H groups in total. The number of aryl methyl sites for hydroxylation is 2. The van der Waals surface area contributed by atoms with Gasteiger partial charge in [-0.3, -0.25) is 0 Å². The highest BCUT2D eigenvalue weighted by atomic mass is 33.1. The van der Waals surface area contributed by atoms with Gasteiger partial charge in [-0.1, -0.05) is 21.6 Å². The van der Waals surface area contributed by atoms with Gasteiger partial charge >= 0.3 is 0 Å². The summed E-state index contributed by atoms with van der Waals surface area (Å²) in [6.45, 7) is 4.33. The predicted molar refractivity (Wildman–Crippen MR) is 69.8 cm³/mol. The van der Waals surface area contributed by atoms with E-state index in [0.717, 1.165) is 0 Å². The van der Waals surface area contributed by atoms with Crippen molar-refractivity contribution in [2.75, 3.05) is 0 Å². The Hall–Kier alpha value is 0.1000. The van der Waals surface area contributed by atoms with Crippen LogP contribution in [-0.4, -0.2) is 0 Å². The summed E-state index contributed by atoms with van der Waals surface area (Å²) in [5.41, 5.74) is 2.78. The molecular weight excluding hydrogens is 248 g/mol. The molecule has 0 aliphatic rings. The average Bonchev–Trinajstić information content (AvgIpc) is 2.72. The molecule has 0 aliphatic heterocycles. The Morgan fingerprint density at radius 3 is 1.50 bits per heavy atom. The van der Waals surface area contributed by atoms with Gasteiger partial charge in [-0.05, 0) is 35.7 Å². The van der Waals surface area contributed by atoms with Crippen LogP contribution in [0.15, 0.2) is 31.3 Å². The van der Waals surface area contributed by atoms with E-state index in [4.69, 9.17) is 0 Å². The van der Waals surface area contributed by atoms with E-state index in [-0.39, 0.29) is 0 Å². The summed E-state index contributed by atoms with van der Waals surface area (Å²) in [5, 5.41) is 8.83. The number of hydrogen-bond acceptors (Lipinski definition) is 4. The third kappa shape index (κ3) is 2.37. The molecule has 74 valence electrons. The van der Waals surface area contributed by atoms with Crippen molar-refractivity contribution in [2.24, 2.45) is 0 Å². The van der Waals surface area contributed by atoms with Crippen LogP contribution in [0.1, 0.15) is 11.1 Å². The molecule has 0 saturated heterocycles. The zero-order valence-electron chi connectivity index (χ0n) is 7.94. The Labute approximate surface area is 100 Å². The molecule has 0 bridgehead atoms. The topological polar surface area (TPSA) is 0 Å². The predicted octanol–water partition coefficient (Wildman–Crippen LogP) is 5.23. The van der Waals surface area contributed by atoms with Gasteiger partial charge in [-0.25, -0.2) is 0 Å². The lowest BCUT2D eigenvalue weighted by atomic mass is 10.4. The maximum absolute atomic E-state index is 2.22. The molecule has 2 rings (SSSR count). The van der Waals surface area contributed by atoms with Crippen molar-refractivity contribution in [3.8, 4) is 0 Å². The molecule has 0 aliphatic carbocycles. The first-order chi connectivity index (χ1) is 6.77. The summed E-state index contributed by atoms with van der Waals surface area (Å²) in [5.74, 6) is 0. The Morgan fingerprint density at radius 1 is 0.786 bits per heavy atom. The minimum atomic E-state index is 1.39. The second-order valence-electron chi connectivity index (χ2n) is 3.00. The summed E-state index contributed by atoms with van der Waals surface area (Å²) in [7, 11) is 3.72. The highest BCUT2D eigenvalue weighted by molar-refractivity contribution is 8.76. The molecule has 4 heteroatoms. The lowest BCUT2D eigenvalue weighted by molar-refractivity contribution is 1.38. The summed E-state index contributed by atoms with van der Waals surface area (Å²) >= 11 is 3.55. The van der Waals surface area contributed by atoms with Gasteiger partial charge in [0.25, 0.3) is 0 Å². The van der Waals surface area contributed by atoms with E-state index in [1.807, 2.05) is 21.6 Å². The van der Waals surface area contributed by atoms with Crippen LogP contribution in [0, 0.1) is 13.8 Å². The van der Waals surface area contributed by atoms with Crippen LogP contribution in [0.25, 0.3) is 0 Å². The molecule has 0 radical (unpaired) electrons. The first-order valence-electron chi connectivity index (χ1n) is 4.17. The van der Waals surface area contributed by atoms with Crippen LogP contribution in [0.3, 0.4) is 0 Å². The monoisotopic (exact) mass is 258 g/mol. The molecule has 14 heavy (non-hydrogen) atoms. The molecular formula is C10H10S4. The molecule has 2 heterocycles. The quantitative estimate of drug-likeness (QED) is 0.692. The van der Waals surface area contributed by atoms with Crippen molar-refractivity contribution in [1.82, 2.24) is 0 Å². The van der Waals surface area contributed by atoms with Crippen molar-refractivity contribution in [2.45, 2.75) is 23.6 Å². The zero-order chi connectivity index (χ0) is 9.97. The van der Waals surface area contributed by atoms with Crippen molar-refractivity contribution in [1.29, 1.82) is 0 Å². The molecule has 2 aromatic heterocycles. The third-order valence-electron chi connectivity index (χ3n) is 1.84. The maximum Gasteiger partial charge on any atom is 0.0322 e. The maximum atomic E-state index is 2.22. The number of hydrogen-bond donors (Lipinski definition) is 0. The Bertz CT molecular complexity index is 373. The van der Waals surface area contributed by atoms with Crippen LogP contribution in [-0.2, 0) is 0 Å². The van der Waals surface area contributed by atoms with Gasteiger partial charge in [0.1, 0.15) is 0 Å². The van der Waals surface area contributed by atoms with Gasteiger partial charge in [-0.15, -0.1) is 0 Å². The van der Waals surface area contributed by atoms with Gasteiger partial charge < -0.3 is 0 Å². The van der Waals surface area contributed by atoms with Crippen molar-refractivity contribution in [3.63, 3.8) is 0 Å². The van der Waals surface area contributed by atoms with Crippen LogP contribution in [0.2, 0.25) is 0 Å². The fraction of sp³-hybridized carbons (Fsp3) is 0.200. The van der Waals surface area contributed by atoms with E-state index < -0.39 is 0 Å². The largest absolute Gasteiger partial charge is 0.151 e. The lowest BCUT2D eigenvalue weighted by Crippen LogP contribution is -1.68. The van der Waals surface area contributed by atoms with Crippen molar-refractivity contribution in [3.05, 3.63) is 32.6 Å². The summed E-state index contributed by atoms with van der Waals surface area (Å²) in [4.78, 5) is 2.79. The minimum absolute atomic E-state index is 1.39. The Kier molecular flexibility index (Phi) is 3.60. The molecule has 0 fully saturated rings. The number of rotatable bonds is 3. The van der Waals surface area contributed by atoms with E-state index in [9.17, 15) is 0 Å². The average molecular weight is 258 g/mol. The second-order valence-corrected chi connectivity index (χ2v) is 6.70. The number of thiophene rings is 2. The molecule has 0 saturated carbocycles. The molecule has 0 atom stereocenters. The van der Waals surface area contributed by atoms with Crippen LogP contribution < -0.4 is 0 Å². The third-order valence-corrected chi connectivity index (χ3v) is 6.51. The summed E-state index contributed by atoms with van der Waals surface area (Å²) in [6.07, 6.45) is 0. The van der Waals surface area contributed by atoms with Gasteiger partial charge in [0, 0.05) is 20.6 Å². The highest BCUT2D eigenvalue weighted by Gasteiger charge is 2.04. The first-order valence-corrected chi connectivity index (χ1v) is 8.21. The van der Waals surface area contributed by atoms with Crippen LogP contribution >= 0.6 is 44.3 Å². The lowest BCUT2D eigenvalue weighted by Gasteiger charge is -1.98. The molecule has 0 amide bonds. The van der Waals surface area contributed by atoms with E-state index in [0.29, 0.717) is 0 Å². The van der Waals surface area contributed by atoms with E-state index >= 15 is 0 Å². The Morgan fingerprint density at radius 2 is 1.21 bits per heavy atom. The summed E-state index contributed by atoms with van der Waals surface area (Å²) < 4.78 is 0. The van der Waals surface area contributed by atoms with Gasteiger partial charge in [0.2, 0.25) is 0 Å². The fourth-order valence-electron chi connectivity index (χ4n) is 0.958. The fourth-order valence-corrected chi connectivity index (χ4v) is 5.77. The van der Waals surface area contributed by atoms with Gasteiger partial charge in [0.05, 0.1) is 0 Å². The van der Waals surface area contributed by atoms with Crippen LogP contribution in [0.5, 0.6) is 0 Å². The van der Waals surface area contributed by atoms with Crippen LogP contribution in [0.4, 0.5) is 0 Å². The summed E-state index contributed by atoms with van der Waals surface area (Å²) in [6, 6.07) is 0. The van der Waals surface area contributed by atoms with E-state index in [2.05, 4.69) is 35.4 Å². The first kappa shape index (κ1) is 10.6. The minimum Gasteiger partial charge on any atom is -0.151 e. The van der Waals surface area contributed by atoms with Crippen molar-refractivity contribution >= 4 is 44.3 Å². The molecule has 2 aromatic rings.